The molecule has 25 heavy (non-hydrogen) atoms. The zero-order valence-corrected chi connectivity index (χ0v) is 12.7. The van der Waals surface area contributed by atoms with Gasteiger partial charge in [0.1, 0.15) is 5.69 Å². The second-order valence-electron chi connectivity index (χ2n) is 5.09. The summed E-state index contributed by atoms with van der Waals surface area (Å²) in [4.78, 5) is 20.4. The van der Waals surface area contributed by atoms with Gasteiger partial charge in [0.15, 0.2) is 5.76 Å². The SMILES string of the molecule is O=C(NCc1nccnc1-c1ccco1)c1cccc(C(F)(F)F)c1. The maximum absolute atomic E-state index is 12.7. The average Bonchev–Trinajstić information content (AvgIpc) is 3.14. The Bertz CT molecular complexity index is 877. The van der Waals surface area contributed by atoms with Gasteiger partial charge in [0.05, 0.1) is 24.1 Å². The number of carbonyl (C=O) groups excluding carboxylic acids is 1. The van der Waals surface area contributed by atoms with Crippen LogP contribution in [0.5, 0.6) is 0 Å². The summed E-state index contributed by atoms with van der Waals surface area (Å²) < 4.78 is 43.5. The highest BCUT2D eigenvalue weighted by Gasteiger charge is 2.30. The van der Waals surface area contributed by atoms with Gasteiger partial charge in [-0.25, -0.2) is 4.98 Å². The highest BCUT2D eigenvalue weighted by atomic mass is 19.4. The first kappa shape index (κ1) is 16.7. The van der Waals surface area contributed by atoms with Crippen molar-refractivity contribution in [3.63, 3.8) is 0 Å². The fourth-order valence-corrected chi connectivity index (χ4v) is 2.22. The van der Waals surface area contributed by atoms with Crippen LogP contribution in [0.2, 0.25) is 0 Å². The van der Waals surface area contributed by atoms with Gasteiger partial charge in [0, 0.05) is 18.0 Å². The minimum absolute atomic E-state index is 0.00104. The molecule has 0 spiro atoms. The molecule has 0 atom stereocenters. The maximum Gasteiger partial charge on any atom is 0.416 e. The van der Waals surface area contributed by atoms with Crippen molar-refractivity contribution >= 4 is 5.91 Å². The Morgan fingerprint density at radius 2 is 1.92 bits per heavy atom. The number of hydrogen-bond acceptors (Lipinski definition) is 4. The highest BCUT2D eigenvalue weighted by Crippen LogP contribution is 2.29. The molecule has 2 aromatic heterocycles. The van der Waals surface area contributed by atoms with Crippen molar-refractivity contribution < 1.29 is 22.4 Å². The number of furan rings is 1. The number of nitrogens with one attached hydrogen (secondary N) is 1. The fraction of sp³-hybridized carbons (Fsp3) is 0.118. The van der Waals surface area contributed by atoms with E-state index in [1.807, 2.05) is 0 Å². The number of halogens is 3. The van der Waals surface area contributed by atoms with Gasteiger partial charge in [-0.05, 0) is 30.3 Å². The normalized spacial score (nSPS) is 11.3. The quantitative estimate of drug-likeness (QED) is 0.782. The van der Waals surface area contributed by atoms with Crippen molar-refractivity contribution in [3.8, 4) is 11.5 Å². The number of hydrogen-bond donors (Lipinski definition) is 1. The fourth-order valence-electron chi connectivity index (χ4n) is 2.22. The molecule has 0 aliphatic heterocycles. The van der Waals surface area contributed by atoms with Crippen LogP contribution >= 0.6 is 0 Å². The molecule has 0 aliphatic carbocycles. The Labute approximate surface area is 140 Å². The molecule has 0 saturated heterocycles. The lowest BCUT2D eigenvalue weighted by molar-refractivity contribution is -0.137. The maximum atomic E-state index is 12.7. The molecule has 0 fully saturated rings. The summed E-state index contributed by atoms with van der Waals surface area (Å²) in [5.41, 5.74) is -0.0659. The van der Waals surface area contributed by atoms with Crippen molar-refractivity contribution in [2.75, 3.05) is 0 Å². The molecule has 2 heterocycles. The van der Waals surface area contributed by atoms with Gasteiger partial charge in [-0.2, -0.15) is 13.2 Å². The molecule has 128 valence electrons. The summed E-state index contributed by atoms with van der Waals surface area (Å²) in [5, 5.41) is 2.55. The molecule has 3 aromatic rings. The van der Waals surface area contributed by atoms with Crippen LogP contribution in [0.25, 0.3) is 11.5 Å². The first-order valence-electron chi connectivity index (χ1n) is 7.24. The third-order valence-electron chi connectivity index (χ3n) is 3.40. The third kappa shape index (κ3) is 3.85. The Morgan fingerprint density at radius 3 is 2.64 bits per heavy atom. The minimum atomic E-state index is -4.51. The third-order valence-corrected chi connectivity index (χ3v) is 3.40. The Kier molecular flexibility index (Phi) is 4.51. The molecule has 8 heteroatoms. The van der Waals surface area contributed by atoms with Crippen molar-refractivity contribution in [1.29, 1.82) is 0 Å². The van der Waals surface area contributed by atoms with Crippen LogP contribution < -0.4 is 5.32 Å². The zero-order valence-electron chi connectivity index (χ0n) is 12.7. The van der Waals surface area contributed by atoms with Crippen LogP contribution in [0, 0.1) is 0 Å². The molecule has 5 nitrogen and oxygen atoms in total. The summed E-state index contributed by atoms with van der Waals surface area (Å²) >= 11 is 0. The topological polar surface area (TPSA) is 68.0 Å². The molecule has 1 N–H and O–H groups in total. The van der Waals surface area contributed by atoms with E-state index in [4.69, 9.17) is 4.42 Å². The lowest BCUT2D eigenvalue weighted by Gasteiger charge is -2.10. The van der Waals surface area contributed by atoms with Crippen LogP contribution in [0.15, 0.2) is 59.5 Å². The first-order chi connectivity index (χ1) is 11.9. The molecule has 1 aromatic carbocycles. The van der Waals surface area contributed by atoms with E-state index in [1.54, 1.807) is 12.1 Å². The first-order valence-corrected chi connectivity index (χ1v) is 7.24. The van der Waals surface area contributed by atoms with E-state index < -0.39 is 17.6 Å². The number of carbonyl (C=O) groups is 1. The molecule has 3 rings (SSSR count). The van der Waals surface area contributed by atoms with Crippen molar-refractivity contribution in [3.05, 3.63) is 71.9 Å². The molecule has 0 unspecified atom stereocenters. The predicted molar refractivity (Wildman–Crippen MR) is 82.3 cm³/mol. The van der Waals surface area contributed by atoms with E-state index in [1.165, 1.54) is 30.8 Å². The van der Waals surface area contributed by atoms with Crippen molar-refractivity contribution in [1.82, 2.24) is 15.3 Å². The lowest BCUT2D eigenvalue weighted by Crippen LogP contribution is -2.24. The number of benzene rings is 1. The smallest absolute Gasteiger partial charge is 0.416 e. The van der Waals surface area contributed by atoms with E-state index in [9.17, 15) is 18.0 Å². The lowest BCUT2D eigenvalue weighted by atomic mass is 10.1. The summed E-state index contributed by atoms with van der Waals surface area (Å²) in [5.74, 6) is -0.154. The molecule has 0 saturated carbocycles. The van der Waals surface area contributed by atoms with Crippen LogP contribution in [-0.2, 0) is 12.7 Å². The molecular formula is C17H12F3N3O2. The Hall–Kier alpha value is -3.16. The zero-order chi connectivity index (χ0) is 17.9. The minimum Gasteiger partial charge on any atom is -0.463 e. The van der Waals surface area contributed by atoms with Crippen LogP contribution in [0.1, 0.15) is 21.6 Å². The van der Waals surface area contributed by atoms with E-state index in [0.717, 1.165) is 12.1 Å². The van der Waals surface area contributed by atoms with Gasteiger partial charge in [-0.15, -0.1) is 0 Å². The Balaban J connectivity index is 1.76. The largest absolute Gasteiger partial charge is 0.463 e. The molecule has 0 radical (unpaired) electrons. The van der Waals surface area contributed by atoms with Crippen LogP contribution in [0.4, 0.5) is 13.2 Å². The number of amides is 1. The monoisotopic (exact) mass is 347 g/mol. The molecular weight excluding hydrogens is 335 g/mol. The summed E-state index contributed by atoms with van der Waals surface area (Å²) in [6, 6.07) is 7.61. The molecule has 0 aliphatic rings. The van der Waals surface area contributed by atoms with Crippen molar-refractivity contribution in [2.24, 2.45) is 0 Å². The Morgan fingerprint density at radius 1 is 1.12 bits per heavy atom. The molecule has 0 bridgehead atoms. The number of alkyl halides is 3. The van der Waals surface area contributed by atoms with E-state index in [-0.39, 0.29) is 12.1 Å². The van der Waals surface area contributed by atoms with E-state index in [2.05, 4.69) is 15.3 Å². The summed E-state index contributed by atoms with van der Waals surface area (Å²) in [7, 11) is 0. The van der Waals surface area contributed by atoms with Gasteiger partial charge >= 0.3 is 6.18 Å². The standard InChI is InChI=1S/C17H12F3N3O2/c18-17(19,20)12-4-1-3-11(9-12)16(24)23-10-13-15(22-7-6-21-13)14-5-2-8-25-14/h1-9H,10H2,(H,23,24). The van der Waals surface area contributed by atoms with Crippen LogP contribution in [-0.4, -0.2) is 15.9 Å². The van der Waals surface area contributed by atoms with Gasteiger partial charge < -0.3 is 9.73 Å². The van der Waals surface area contributed by atoms with E-state index >= 15 is 0 Å². The van der Waals surface area contributed by atoms with E-state index in [0.29, 0.717) is 17.1 Å². The van der Waals surface area contributed by atoms with Gasteiger partial charge in [-0.1, -0.05) is 6.07 Å². The summed E-state index contributed by atoms with van der Waals surface area (Å²) in [6.07, 6.45) is -0.0865. The van der Waals surface area contributed by atoms with Gasteiger partial charge in [0.2, 0.25) is 0 Å². The van der Waals surface area contributed by atoms with Crippen molar-refractivity contribution in [2.45, 2.75) is 12.7 Å². The highest BCUT2D eigenvalue weighted by molar-refractivity contribution is 5.94. The number of aromatic nitrogens is 2. The molecule has 1 amide bonds. The number of nitrogens with zero attached hydrogens (tertiary/aromatic N) is 2. The second kappa shape index (κ2) is 6.76. The second-order valence-corrected chi connectivity index (χ2v) is 5.09. The average molecular weight is 347 g/mol. The van der Waals surface area contributed by atoms with Gasteiger partial charge in [-0.3, -0.25) is 9.78 Å². The summed E-state index contributed by atoms with van der Waals surface area (Å²) in [6.45, 7) is -0.00104. The van der Waals surface area contributed by atoms with Crippen LogP contribution in [0.3, 0.4) is 0 Å². The predicted octanol–water partition coefficient (Wildman–Crippen LogP) is 3.69. The number of rotatable bonds is 4. The van der Waals surface area contributed by atoms with Gasteiger partial charge in [0.25, 0.3) is 5.91 Å².